The first kappa shape index (κ1) is 14.4. The van der Waals surface area contributed by atoms with Gasteiger partial charge in [0.25, 0.3) is 0 Å². The van der Waals surface area contributed by atoms with Crippen LogP contribution in [-0.2, 0) is 19.6 Å². The normalized spacial score (nSPS) is 21.1. The molecule has 0 N–H and O–H groups in total. The van der Waals surface area contributed by atoms with E-state index in [0.717, 1.165) is 4.31 Å². The molecule has 6 nitrogen and oxygen atoms in total. The summed E-state index contributed by atoms with van der Waals surface area (Å²) in [5.41, 5.74) is 0.00570. The molecule has 106 valence electrons. The number of hydrogen-bond donors (Lipinski definition) is 0. The van der Waals surface area contributed by atoms with Crippen LogP contribution in [0.2, 0.25) is 0 Å². The van der Waals surface area contributed by atoms with E-state index in [1.165, 1.54) is 31.3 Å². The number of fused-ring (bicyclic) bond motifs is 1. The van der Waals surface area contributed by atoms with Crippen molar-refractivity contribution < 1.29 is 22.7 Å². The van der Waals surface area contributed by atoms with Crippen LogP contribution in [0.15, 0.2) is 41.8 Å². The molecule has 0 fully saturated rings. The molecule has 1 unspecified atom stereocenters. The molecule has 0 aliphatic carbocycles. The Bertz CT molecular complexity index is 680. The molecular formula is C13H13NO5S. The van der Waals surface area contributed by atoms with Crippen molar-refractivity contribution in [3.05, 3.63) is 42.5 Å². The van der Waals surface area contributed by atoms with Crippen LogP contribution >= 0.6 is 0 Å². The number of likely N-dealkylation sites (N-methyl/N-ethyl adjacent to an activating group) is 1. The lowest BCUT2D eigenvalue weighted by atomic mass is 10.0. The number of esters is 1. The highest BCUT2D eigenvalue weighted by Crippen LogP contribution is 2.29. The minimum Gasteiger partial charge on any atom is -0.460 e. The maximum absolute atomic E-state index is 12.3. The summed E-state index contributed by atoms with van der Waals surface area (Å²) < 4.78 is 30.1. The van der Waals surface area contributed by atoms with Crippen LogP contribution in [0.5, 0.6) is 0 Å². The first-order chi connectivity index (χ1) is 9.41. The number of ketones is 1. The van der Waals surface area contributed by atoms with Crippen molar-refractivity contribution in [1.82, 2.24) is 4.31 Å². The molecule has 1 heterocycles. The molecule has 20 heavy (non-hydrogen) atoms. The number of carbonyl (C=O) groups excluding carboxylic acids is 2. The van der Waals surface area contributed by atoms with Gasteiger partial charge in [-0.25, -0.2) is 13.2 Å². The topological polar surface area (TPSA) is 80.8 Å². The molecule has 0 saturated heterocycles. The number of carbonyl (C=O) groups is 2. The molecule has 0 spiro atoms. The summed E-state index contributed by atoms with van der Waals surface area (Å²) in [7, 11) is -2.70. The second-order valence-corrected chi connectivity index (χ2v) is 6.17. The third kappa shape index (κ3) is 2.14. The largest absolute Gasteiger partial charge is 0.460 e. The van der Waals surface area contributed by atoms with Gasteiger partial charge in [-0.15, -0.1) is 0 Å². The van der Waals surface area contributed by atoms with Gasteiger partial charge in [-0.05, 0) is 12.1 Å². The SMILES string of the molecule is C=CCOC(=O)C1C(=O)c2ccccc2S(=O)(=O)N1C. The molecule has 1 atom stereocenters. The van der Waals surface area contributed by atoms with Gasteiger partial charge in [0, 0.05) is 12.6 Å². The van der Waals surface area contributed by atoms with Crippen molar-refractivity contribution in [2.24, 2.45) is 0 Å². The summed E-state index contributed by atoms with van der Waals surface area (Å²) in [6, 6.07) is 4.30. The van der Waals surface area contributed by atoms with Gasteiger partial charge in [-0.1, -0.05) is 24.8 Å². The van der Waals surface area contributed by atoms with Crippen molar-refractivity contribution in [2.75, 3.05) is 13.7 Å². The van der Waals surface area contributed by atoms with Gasteiger partial charge in [0.2, 0.25) is 10.0 Å². The van der Waals surface area contributed by atoms with Crippen LogP contribution in [0, 0.1) is 0 Å². The summed E-state index contributed by atoms with van der Waals surface area (Å²) in [6.45, 7) is 3.30. The molecule has 1 aliphatic rings. The zero-order valence-corrected chi connectivity index (χ0v) is 11.6. The highest BCUT2D eigenvalue weighted by atomic mass is 32.2. The molecule has 0 radical (unpaired) electrons. The molecule has 1 aromatic rings. The van der Waals surface area contributed by atoms with Crippen LogP contribution in [0.4, 0.5) is 0 Å². The van der Waals surface area contributed by atoms with Crippen molar-refractivity contribution in [3.8, 4) is 0 Å². The lowest BCUT2D eigenvalue weighted by Crippen LogP contribution is -2.52. The fourth-order valence-corrected chi connectivity index (χ4v) is 3.44. The second kappa shape index (κ2) is 5.18. The number of Topliss-reactive ketones (excluding diaryl/α,β-unsaturated/α-hetero) is 1. The van der Waals surface area contributed by atoms with E-state index in [2.05, 4.69) is 6.58 Å². The van der Waals surface area contributed by atoms with E-state index in [0.29, 0.717) is 0 Å². The van der Waals surface area contributed by atoms with Gasteiger partial charge >= 0.3 is 5.97 Å². The van der Waals surface area contributed by atoms with Crippen LogP contribution in [-0.4, -0.2) is 44.2 Å². The van der Waals surface area contributed by atoms with E-state index < -0.39 is 27.8 Å². The van der Waals surface area contributed by atoms with E-state index in [1.54, 1.807) is 6.07 Å². The lowest BCUT2D eigenvalue weighted by Gasteiger charge is -2.30. The van der Waals surface area contributed by atoms with Gasteiger partial charge < -0.3 is 4.74 Å². The Morgan fingerprint density at radius 3 is 2.75 bits per heavy atom. The molecular weight excluding hydrogens is 282 g/mol. The summed E-state index contributed by atoms with van der Waals surface area (Å²) >= 11 is 0. The maximum atomic E-state index is 12.3. The number of sulfonamides is 1. The van der Waals surface area contributed by atoms with E-state index in [4.69, 9.17) is 4.74 Å². The molecule has 0 saturated carbocycles. The molecule has 2 rings (SSSR count). The predicted octanol–water partition coefficient (Wildman–Crippen LogP) is 0.601. The van der Waals surface area contributed by atoms with Gasteiger partial charge in [-0.2, -0.15) is 4.31 Å². The summed E-state index contributed by atoms with van der Waals surface area (Å²) in [6.07, 6.45) is 1.34. The van der Waals surface area contributed by atoms with Crippen molar-refractivity contribution in [1.29, 1.82) is 0 Å². The zero-order valence-electron chi connectivity index (χ0n) is 10.8. The number of benzene rings is 1. The van der Waals surface area contributed by atoms with Crippen LogP contribution in [0.1, 0.15) is 10.4 Å². The van der Waals surface area contributed by atoms with Crippen LogP contribution in [0.3, 0.4) is 0 Å². The maximum Gasteiger partial charge on any atom is 0.332 e. The molecule has 1 aliphatic heterocycles. The van der Waals surface area contributed by atoms with Crippen molar-refractivity contribution in [2.45, 2.75) is 10.9 Å². The summed E-state index contributed by atoms with van der Waals surface area (Å²) in [5.74, 6) is -1.50. The number of rotatable bonds is 3. The molecule has 0 bridgehead atoms. The van der Waals surface area contributed by atoms with Crippen LogP contribution in [0.25, 0.3) is 0 Å². The lowest BCUT2D eigenvalue weighted by molar-refractivity contribution is -0.145. The fourth-order valence-electron chi connectivity index (χ4n) is 1.98. The highest BCUT2D eigenvalue weighted by Gasteiger charge is 2.46. The Hall–Kier alpha value is -1.99. The summed E-state index contributed by atoms with van der Waals surface area (Å²) in [5, 5.41) is 0. The minimum absolute atomic E-state index is 0.00570. The first-order valence-corrected chi connectivity index (χ1v) is 7.24. The number of ether oxygens (including phenoxy) is 1. The Kier molecular flexibility index (Phi) is 3.74. The van der Waals surface area contributed by atoms with Gasteiger partial charge in [0.05, 0.1) is 4.90 Å². The molecule has 1 aromatic carbocycles. The van der Waals surface area contributed by atoms with Gasteiger partial charge in [0.15, 0.2) is 11.8 Å². The Morgan fingerprint density at radius 1 is 1.45 bits per heavy atom. The zero-order chi connectivity index (χ0) is 14.9. The average Bonchev–Trinajstić information content (AvgIpc) is 2.43. The van der Waals surface area contributed by atoms with E-state index in [-0.39, 0.29) is 17.1 Å². The van der Waals surface area contributed by atoms with E-state index in [9.17, 15) is 18.0 Å². The second-order valence-electron chi connectivity index (χ2n) is 4.20. The fraction of sp³-hybridized carbons (Fsp3) is 0.231. The standard InChI is InChI=1S/C13H13NO5S/c1-3-8-19-13(16)11-12(15)9-6-4-5-7-10(9)20(17,18)14(11)2/h3-7,11H,1,8H2,2H3. The number of hydrogen-bond acceptors (Lipinski definition) is 5. The van der Waals surface area contributed by atoms with E-state index >= 15 is 0 Å². The van der Waals surface area contributed by atoms with Gasteiger partial charge in [0.1, 0.15) is 6.61 Å². The first-order valence-electron chi connectivity index (χ1n) is 5.80. The Morgan fingerprint density at radius 2 is 2.10 bits per heavy atom. The monoisotopic (exact) mass is 295 g/mol. The Labute approximate surface area is 116 Å². The summed E-state index contributed by atoms with van der Waals surface area (Å²) in [4.78, 5) is 24.1. The Balaban J connectivity index is 2.51. The van der Waals surface area contributed by atoms with Crippen molar-refractivity contribution in [3.63, 3.8) is 0 Å². The van der Waals surface area contributed by atoms with Crippen molar-refractivity contribution >= 4 is 21.8 Å². The smallest absolute Gasteiger partial charge is 0.332 e. The average molecular weight is 295 g/mol. The molecule has 0 aromatic heterocycles. The highest BCUT2D eigenvalue weighted by molar-refractivity contribution is 7.89. The van der Waals surface area contributed by atoms with E-state index in [1.807, 2.05) is 0 Å². The molecule has 0 amide bonds. The minimum atomic E-state index is -3.89. The third-order valence-corrected chi connectivity index (χ3v) is 4.87. The molecule has 7 heteroatoms. The quantitative estimate of drug-likeness (QED) is 0.463. The predicted molar refractivity (Wildman–Crippen MR) is 70.7 cm³/mol. The van der Waals surface area contributed by atoms with Gasteiger partial charge in [-0.3, -0.25) is 4.79 Å². The van der Waals surface area contributed by atoms with Crippen LogP contribution < -0.4 is 0 Å². The third-order valence-electron chi connectivity index (χ3n) is 2.99. The number of nitrogens with zero attached hydrogens (tertiary/aromatic N) is 1.